The van der Waals surface area contributed by atoms with Gasteiger partial charge in [-0.3, -0.25) is 9.78 Å². The third-order valence-corrected chi connectivity index (χ3v) is 5.32. The highest BCUT2D eigenvalue weighted by molar-refractivity contribution is 5.92. The van der Waals surface area contributed by atoms with Gasteiger partial charge in [-0.1, -0.05) is 42.5 Å². The number of rotatable bonds is 5. The molecule has 31 heavy (non-hydrogen) atoms. The van der Waals surface area contributed by atoms with Crippen LogP contribution in [0.4, 0.5) is 5.95 Å². The molecule has 0 saturated carbocycles. The van der Waals surface area contributed by atoms with Crippen molar-refractivity contribution < 1.29 is 9.47 Å². The van der Waals surface area contributed by atoms with E-state index < -0.39 is 0 Å². The van der Waals surface area contributed by atoms with Gasteiger partial charge in [-0.2, -0.15) is 4.98 Å². The monoisotopic (exact) mass is 414 g/mol. The van der Waals surface area contributed by atoms with E-state index >= 15 is 0 Å². The number of nitrogens with zero attached hydrogens (tertiary/aromatic N) is 3. The molecular formula is C24H22N4O3. The van der Waals surface area contributed by atoms with Crippen molar-refractivity contribution in [3.8, 4) is 16.9 Å². The fourth-order valence-electron chi connectivity index (χ4n) is 3.69. The first-order valence-corrected chi connectivity index (χ1v) is 10.3. The standard InChI is InChI=1S/C24H22N4O3/c29-23-21-20(10-11-25-22(21)26-24(27-23)28-12-14-30-15-13-28)18-6-8-19(9-7-18)31-16-17-4-2-1-3-5-17/h1-11H,12-16H2,(H,25,26,27,29). The molecule has 2 aromatic heterocycles. The molecule has 3 heterocycles. The minimum absolute atomic E-state index is 0.195. The van der Waals surface area contributed by atoms with Crippen LogP contribution in [0.1, 0.15) is 5.56 Å². The van der Waals surface area contributed by atoms with Crippen molar-refractivity contribution in [3.05, 3.63) is 82.8 Å². The summed E-state index contributed by atoms with van der Waals surface area (Å²) in [5.74, 6) is 1.31. The highest BCUT2D eigenvalue weighted by Crippen LogP contribution is 2.27. The maximum absolute atomic E-state index is 12.9. The average Bonchev–Trinajstić information content (AvgIpc) is 2.84. The minimum Gasteiger partial charge on any atom is -0.489 e. The molecule has 5 rings (SSSR count). The van der Waals surface area contributed by atoms with E-state index in [2.05, 4.69) is 15.0 Å². The number of ether oxygens (including phenoxy) is 2. The molecule has 7 nitrogen and oxygen atoms in total. The number of nitrogens with one attached hydrogen (secondary N) is 1. The summed E-state index contributed by atoms with van der Waals surface area (Å²) >= 11 is 0. The summed E-state index contributed by atoms with van der Waals surface area (Å²) in [4.78, 5) is 26.8. The van der Waals surface area contributed by atoms with E-state index in [1.54, 1.807) is 6.20 Å². The van der Waals surface area contributed by atoms with Gasteiger partial charge in [0, 0.05) is 19.3 Å². The molecule has 0 amide bonds. The molecule has 7 heteroatoms. The lowest BCUT2D eigenvalue weighted by molar-refractivity contribution is 0.122. The van der Waals surface area contributed by atoms with Gasteiger partial charge in [0.1, 0.15) is 12.4 Å². The fraction of sp³-hybridized carbons (Fsp3) is 0.208. The van der Waals surface area contributed by atoms with Crippen LogP contribution in [0.3, 0.4) is 0 Å². The Balaban J connectivity index is 1.42. The summed E-state index contributed by atoms with van der Waals surface area (Å²) in [5, 5.41) is 0.484. The summed E-state index contributed by atoms with van der Waals surface area (Å²) < 4.78 is 11.2. The number of H-pyrrole nitrogens is 1. The maximum atomic E-state index is 12.9. The second kappa shape index (κ2) is 8.57. The zero-order chi connectivity index (χ0) is 21.0. The number of fused-ring (bicyclic) bond motifs is 1. The summed E-state index contributed by atoms with van der Waals surface area (Å²) in [7, 11) is 0. The SMILES string of the molecule is O=c1[nH]c(N2CCOCC2)nc2nccc(-c3ccc(OCc4ccccc4)cc3)c12. The van der Waals surface area contributed by atoms with Gasteiger partial charge in [-0.15, -0.1) is 0 Å². The van der Waals surface area contributed by atoms with E-state index in [4.69, 9.17) is 9.47 Å². The number of pyridine rings is 1. The van der Waals surface area contributed by atoms with Gasteiger partial charge in [0.05, 0.1) is 18.6 Å². The second-order valence-electron chi connectivity index (χ2n) is 7.34. The Morgan fingerprint density at radius 1 is 1.00 bits per heavy atom. The van der Waals surface area contributed by atoms with E-state index in [9.17, 15) is 4.79 Å². The van der Waals surface area contributed by atoms with Crippen molar-refractivity contribution in [1.29, 1.82) is 0 Å². The molecule has 156 valence electrons. The van der Waals surface area contributed by atoms with Gasteiger partial charge in [0.15, 0.2) is 5.65 Å². The number of aromatic nitrogens is 3. The van der Waals surface area contributed by atoms with Crippen LogP contribution >= 0.6 is 0 Å². The van der Waals surface area contributed by atoms with Crippen LogP contribution in [0.2, 0.25) is 0 Å². The first kappa shape index (κ1) is 19.3. The molecule has 0 unspecified atom stereocenters. The molecule has 1 saturated heterocycles. The smallest absolute Gasteiger partial charge is 0.262 e. The Kier molecular flexibility index (Phi) is 5.33. The van der Waals surface area contributed by atoms with Crippen molar-refractivity contribution in [2.75, 3.05) is 31.2 Å². The predicted octanol–water partition coefficient (Wildman–Crippen LogP) is 3.40. The number of benzene rings is 2. The molecule has 0 spiro atoms. The summed E-state index contributed by atoms with van der Waals surface area (Å²) in [6, 6.07) is 19.6. The van der Waals surface area contributed by atoms with Crippen LogP contribution in [-0.2, 0) is 11.3 Å². The minimum atomic E-state index is -0.195. The molecule has 0 aliphatic carbocycles. The largest absolute Gasteiger partial charge is 0.489 e. The number of hydrogen-bond acceptors (Lipinski definition) is 6. The van der Waals surface area contributed by atoms with Crippen molar-refractivity contribution in [1.82, 2.24) is 15.0 Å². The van der Waals surface area contributed by atoms with Crippen LogP contribution in [0, 0.1) is 0 Å². The van der Waals surface area contributed by atoms with Crippen molar-refractivity contribution in [2.45, 2.75) is 6.61 Å². The average molecular weight is 414 g/mol. The predicted molar refractivity (Wildman–Crippen MR) is 119 cm³/mol. The molecule has 1 aliphatic rings. The first-order chi connectivity index (χ1) is 15.3. The number of anilines is 1. The Morgan fingerprint density at radius 3 is 2.55 bits per heavy atom. The molecule has 0 radical (unpaired) electrons. The lowest BCUT2D eigenvalue weighted by atomic mass is 10.0. The maximum Gasteiger partial charge on any atom is 0.262 e. The third-order valence-electron chi connectivity index (χ3n) is 5.32. The van der Waals surface area contributed by atoms with Crippen LogP contribution in [0.5, 0.6) is 5.75 Å². The number of morpholine rings is 1. The normalized spacial score (nSPS) is 14.0. The lowest BCUT2D eigenvalue weighted by Crippen LogP contribution is -2.38. The topological polar surface area (TPSA) is 80.3 Å². The van der Waals surface area contributed by atoms with Crippen molar-refractivity contribution in [2.24, 2.45) is 0 Å². The second-order valence-corrected chi connectivity index (χ2v) is 7.34. The zero-order valence-electron chi connectivity index (χ0n) is 17.0. The van der Waals surface area contributed by atoms with Gasteiger partial charge in [0.2, 0.25) is 5.95 Å². The van der Waals surface area contributed by atoms with Crippen LogP contribution in [0.25, 0.3) is 22.2 Å². The van der Waals surface area contributed by atoms with E-state index in [1.165, 1.54) is 0 Å². The zero-order valence-corrected chi connectivity index (χ0v) is 17.0. The van der Waals surface area contributed by atoms with Crippen LogP contribution in [0.15, 0.2) is 71.7 Å². The highest BCUT2D eigenvalue weighted by atomic mass is 16.5. The van der Waals surface area contributed by atoms with E-state index in [1.807, 2.05) is 65.6 Å². The molecule has 4 aromatic rings. The first-order valence-electron chi connectivity index (χ1n) is 10.3. The molecule has 2 aromatic carbocycles. The number of hydrogen-bond donors (Lipinski definition) is 1. The molecule has 0 atom stereocenters. The van der Waals surface area contributed by atoms with Crippen LogP contribution in [-0.4, -0.2) is 41.3 Å². The quantitative estimate of drug-likeness (QED) is 0.539. The van der Waals surface area contributed by atoms with Gasteiger partial charge in [0.25, 0.3) is 5.56 Å². The Hall–Kier alpha value is -3.71. The number of aromatic amines is 1. The Labute approximate surface area is 179 Å². The Morgan fingerprint density at radius 2 is 1.77 bits per heavy atom. The Bertz CT molecular complexity index is 1230. The summed E-state index contributed by atoms with van der Waals surface area (Å²) in [5.41, 5.74) is 3.05. The lowest BCUT2D eigenvalue weighted by Gasteiger charge is -2.27. The summed E-state index contributed by atoms with van der Waals surface area (Å²) in [6.45, 7) is 3.13. The molecule has 1 fully saturated rings. The van der Waals surface area contributed by atoms with Gasteiger partial charge < -0.3 is 14.4 Å². The highest BCUT2D eigenvalue weighted by Gasteiger charge is 2.17. The third kappa shape index (κ3) is 4.13. The van der Waals surface area contributed by atoms with Crippen molar-refractivity contribution in [3.63, 3.8) is 0 Å². The molecular weight excluding hydrogens is 392 g/mol. The molecule has 1 aliphatic heterocycles. The molecule has 1 N–H and O–H groups in total. The summed E-state index contributed by atoms with van der Waals surface area (Å²) in [6.07, 6.45) is 1.69. The van der Waals surface area contributed by atoms with E-state index in [-0.39, 0.29) is 5.56 Å². The fourth-order valence-corrected chi connectivity index (χ4v) is 3.69. The van der Waals surface area contributed by atoms with Gasteiger partial charge in [-0.05, 0) is 34.9 Å². The van der Waals surface area contributed by atoms with E-state index in [0.29, 0.717) is 49.9 Å². The van der Waals surface area contributed by atoms with Crippen LogP contribution < -0.4 is 15.2 Å². The molecule has 0 bridgehead atoms. The van der Waals surface area contributed by atoms with Gasteiger partial charge in [-0.25, -0.2) is 4.98 Å². The van der Waals surface area contributed by atoms with Gasteiger partial charge >= 0.3 is 0 Å². The van der Waals surface area contributed by atoms with Crippen molar-refractivity contribution >= 4 is 17.0 Å². The van der Waals surface area contributed by atoms with E-state index in [0.717, 1.165) is 22.4 Å².